The van der Waals surface area contributed by atoms with E-state index in [2.05, 4.69) is 46.3 Å². The molecule has 0 radical (unpaired) electrons. The van der Waals surface area contributed by atoms with Crippen LogP contribution in [0.15, 0.2) is 65.1 Å². The molecule has 0 amide bonds. The van der Waals surface area contributed by atoms with Crippen molar-refractivity contribution in [3.05, 3.63) is 86.4 Å². The van der Waals surface area contributed by atoms with Crippen LogP contribution < -0.4 is 0 Å². The van der Waals surface area contributed by atoms with Gasteiger partial charge in [-0.25, -0.2) is 0 Å². The van der Waals surface area contributed by atoms with E-state index in [1.54, 1.807) is 12.1 Å². The number of rotatable bonds is 2. The third-order valence-corrected chi connectivity index (χ3v) is 5.04. The second kappa shape index (κ2) is 5.87. The highest BCUT2D eigenvalue weighted by molar-refractivity contribution is 9.10. The van der Waals surface area contributed by atoms with E-state index in [0.717, 1.165) is 22.9 Å². The van der Waals surface area contributed by atoms with E-state index in [-0.39, 0.29) is 10.6 Å². The van der Waals surface area contributed by atoms with Gasteiger partial charge in [0.2, 0.25) is 0 Å². The molecule has 3 aromatic carbocycles. The summed E-state index contributed by atoms with van der Waals surface area (Å²) >= 11 is 3.55. The Balaban J connectivity index is 1.91. The van der Waals surface area contributed by atoms with Gasteiger partial charge in [-0.1, -0.05) is 46.3 Å². The zero-order valence-electron chi connectivity index (χ0n) is 12.8. The van der Waals surface area contributed by atoms with Crippen LogP contribution in [0.4, 0.5) is 5.69 Å². The fourth-order valence-electron chi connectivity index (χ4n) is 3.38. The summed E-state index contributed by atoms with van der Waals surface area (Å²) in [6.07, 6.45) is 2.03. The van der Waals surface area contributed by atoms with Crippen LogP contribution in [-0.4, -0.2) is 4.92 Å². The summed E-state index contributed by atoms with van der Waals surface area (Å²) in [4.78, 5) is 11.0. The molecule has 0 aromatic heterocycles. The van der Waals surface area contributed by atoms with Gasteiger partial charge in [-0.3, -0.25) is 10.1 Å². The Bertz CT molecular complexity index is 966. The van der Waals surface area contributed by atoms with Crippen LogP contribution in [0.1, 0.15) is 11.1 Å². The lowest BCUT2D eigenvalue weighted by atomic mass is 9.84. The van der Waals surface area contributed by atoms with Crippen molar-refractivity contribution >= 4 is 21.6 Å². The Morgan fingerprint density at radius 2 is 1.50 bits per heavy atom. The SMILES string of the molecule is O=[N+]([O-])c1ccccc1-c1ccc2c(c1)-c1cc(Br)ccc1CC2. The molecule has 0 saturated carbocycles. The Labute approximate surface area is 148 Å². The average molecular weight is 380 g/mol. The van der Waals surface area contributed by atoms with Gasteiger partial charge in [0.05, 0.1) is 10.5 Å². The predicted molar refractivity (Wildman–Crippen MR) is 99.1 cm³/mol. The largest absolute Gasteiger partial charge is 0.277 e. The number of benzene rings is 3. The Kier molecular flexibility index (Phi) is 3.69. The molecule has 0 N–H and O–H groups in total. The summed E-state index contributed by atoms with van der Waals surface area (Å²) in [6, 6.07) is 19.4. The van der Waals surface area contributed by atoms with Crippen molar-refractivity contribution in [3.8, 4) is 22.3 Å². The highest BCUT2D eigenvalue weighted by atomic mass is 79.9. The maximum absolute atomic E-state index is 11.3. The van der Waals surface area contributed by atoms with Gasteiger partial charge in [-0.05, 0) is 64.9 Å². The molecule has 3 nitrogen and oxygen atoms in total. The lowest BCUT2D eigenvalue weighted by Gasteiger charge is -2.21. The number of nitrogens with zero attached hydrogens (tertiary/aromatic N) is 1. The van der Waals surface area contributed by atoms with Gasteiger partial charge in [0, 0.05) is 10.5 Å². The normalized spacial score (nSPS) is 12.4. The molecule has 4 rings (SSSR count). The molecule has 0 aliphatic heterocycles. The molecule has 0 saturated heterocycles. The number of aryl methyl sites for hydroxylation is 2. The molecule has 0 spiro atoms. The van der Waals surface area contributed by atoms with Gasteiger partial charge in [-0.15, -0.1) is 0 Å². The van der Waals surface area contributed by atoms with E-state index in [9.17, 15) is 10.1 Å². The van der Waals surface area contributed by atoms with Gasteiger partial charge >= 0.3 is 0 Å². The number of para-hydroxylation sites is 1. The molecule has 24 heavy (non-hydrogen) atoms. The maximum Gasteiger partial charge on any atom is 0.277 e. The zero-order valence-corrected chi connectivity index (χ0v) is 14.4. The van der Waals surface area contributed by atoms with Gasteiger partial charge in [0.25, 0.3) is 5.69 Å². The van der Waals surface area contributed by atoms with E-state index in [4.69, 9.17) is 0 Å². The standard InChI is InChI=1S/C20H14BrNO2/c21-16-10-9-14-6-5-13-7-8-15(11-18(13)19(14)12-16)17-3-1-2-4-20(17)22(23)24/h1-4,7-12H,5-6H2. The summed E-state index contributed by atoms with van der Waals surface area (Å²) in [6.45, 7) is 0. The fourth-order valence-corrected chi connectivity index (χ4v) is 3.74. The molecule has 0 unspecified atom stereocenters. The summed E-state index contributed by atoms with van der Waals surface area (Å²) < 4.78 is 1.05. The minimum Gasteiger partial charge on any atom is -0.258 e. The van der Waals surface area contributed by atoms with Gasteiger partial charge in [-0.2, -0.15) is 0 Å². The first-order valence-corrected chi connectivity index (χ1v) is 8.58. The molecule has 1 aliphatic rings. The Hall–Kier alpha value is -2.46. The minimum atomic E-state index is -0.320. The summed E-state index contributed by atoms with van der Waals surface area (Å²) in [5, 5.41) is 11.3. The molecule has 3 aromatic rings. The Morgan fingerprint density at radius 3 is 2.25 bits per heavy atom. The third kappa shape index (κ3) is 2.53. The van der Waals surface area contributed by atoms with E-state index < -0.39 is 0 Å². The van der Waals surface area contributed by atoms with Gasteiger partial charge in [0.15, 0.2) is 0 Å². The first-order chi connectivity index (χ1) is 11.6. The van der Waals surface area contributed by atoms with Crippen molar-refractivity contribution in [1.29, 1.82) is 0 Å². The second-order valence-corrected chi connectivity index (χ2v) is 6.86. The Morgan fingerprint density at radius 1 is 0.833 bits per heavy atom. The lowest BCUT2D eigenvalue weighted by Crippen LogP contribution is -2.04. The number of fused-ring (bicyclic) bond motifs is 3. The number of nitro benzene ring substituents is 1. The van der Waals surface area contributed by atoms with Crippen molar-refractivity contribution < 1.29 is 4.92 Å². The van der Waals surface area contributed by atoms with Crippen molar-refractivity contribution in [3.63, 3.8) is 0 Å². The van der Waals surface area contributed by atoms with E-state index in [1.807, 2.05) is 18.2 Å². The molecule has 0 heterocycles. The molecule has 4 heteroatoms. The monoisotopic (exact) mass is 379 g/mol. The number of nitro groups is 1. The predicted octanol–water partition coefficient (Wildman–Crippen LogP) is 5.79. The minimum absolute atomic E-state index is 0.141. The smallest absolute Gasteiger partial charge is 0.258 e. The van der Waals surface area contributed by atoms with Crippen LogP contribution in [0.3, 0.4) is 0 Å². The molecule has 0 atom stereocenters. The van der Waals surface area contributed by atoms with Gasteiger partial charge < -0.3 is 0 Å². The molecule has 0 fully saturated rings. The number of hydrogen-bond acceptors (Lipinski definition) is 2. The fraction of sp³-hybridized carbons (Fsp3) is 0.100. The zero-order chi connectivity index (χ0) is 16.7. The van der Waals surface area contributed by atoms with E-state index >= 15 is 0 Å². The van der Waals surface area contributed by atoms with Crippen LogP contribution in [0.2, 0.25) is 0 Å². The van der Waals surface area contributed by atoms with E-state index in [1.165, 1.54) is 22.3 Å². The van der Waals surface area contributed by atoms with Gasteiger partial charge in [0.1, 0.15) is 0 Å². The molecule has 118 valence electrons. The summed E-state index contributed by atoms with van der Waals surface area (Å²) in [5.41, 5.74) is 6.69. The summed E-state index contributed by atoms with van der Waals surface area (Å²) in [5.74, 6) is 0. The van der Waals surface area contributed by atoms with Crippen molar-refractivity contribution in [2.24, 2.45) is 0 Å². The highest BCUT2D eigenvalue weighted by Gasteiger charge is 2.19. The third-order valence-electron chi connectivity index (χ3n) is 4.55. The summed E-state index contributed by atoms with van der Waals surface area (Å²) in [7, 11) is 0. The van der Waals surface area contributed by atoms with E-state index in [0.29, 0.717) is 5.56 Å². The van der Waals surface area contributed by atoms with Crippen molar-refractivity contribution in [2.45, 2.75) is 12.8 Å². The molecular formula is C20H14BrNO2. The first-order valence-electron chi connectivity index (χ1n) is 7.79. The van der Waals surface area contributed by atoms with Crippen LogP contribution in [0, 0.1) is 10.1 Å². The lowest BCUT2D eigenvalue weighted by molar-refractivity contribution is -0.384. The number of hydrogen-bond donors (Lipinski definition) is 0. The van der Waals surface area contributed by atoms with Crippen LogP contribution in [0.5, 0.6) is 0 Å². The van der Waals surface area contributed by atoms with Crippen molar-refractivity contribution in [2.75, 3.05) is 0 Å². The van der Waals surface area contributed by atoms with Crippen LogP contribution in [-0.2, 0) is 12.8 Å². The molecule has 0 bridgehead atoms. The number of halogens is 1. The van der Waals surface area contributed by atoms with Crippen molar-refractivity contribution in [1.82, 2.24) is 0 Å². The van der Waals surface area contributed by atoms with Crippen LogP contribution >= 0.6 is 15.9 Å². The van der Waals surface area contributed by atoms with Crippen LogP contribution in [0.25, 0.3) is 22.3 Å². The maximum atomic E-state index is 11.3. The topological polar surface area (TPSA) is 43.1 Å². The average Bonchev–Trinajstić information content (AvgIpc) is 2.61. The highest BCUT2D eigenvalue weighted by Crippen LogP contribution is 2.39. The quantitative estimate of drug-likeness (QED) is 0.417. The molecular weight excluding hydrogens is 366 g/mol. The second-order valence-electron chi connectivity index (χ2n) is 5.95. The molecule has 1 aliphatic carbocycles. The first kappa shape index (κ1) is 15.1.